The van der Waals surface area contributed by atoms with E-state index in [0.717, 1.165) is 0 Å². The van der Waals surface area contributed by atoms with E-state index in [4.69, 9.17) is 30.8 Å². The molecule has 0 radical (unpaired) electrons. The predicted octanol–water partition coefficient (Wildman–Crippen LogP) is -1.92. The molecule has 0 amide bonds. The van der Waals surface area contributed by atoms with Crippen LogP contribution in [0.3, 0.4) is 0 Å². The minimum atomic E-state index is -5.17. The van der Waals surface area contributed by atoms with Gasteiger partial charge >= 0.3 is 37.7 Å². The molecule has 0 bridgehead atoms. The van der Waals surface area contributed by atoms with Gasteiger partial charge in [0.2, 0.25) is 0 Å². The molecule has 0 rings (SSSR count). The van der Waals surface area contributed by atoms with Crippen LogP contribution in [0.15, 0.2) is 0 Å². The molecule has 0 saturated carbocycles. The van der Waals surface area contributed by atoms with E-state index in [0.29, 0.717) is 0 Å². The van der Waals surface area contributed by atoms with E-state index in [1.54, 1.807) is 0 Å². The Hall–Kier alpha value is 1.55. The van der Waals surface area contributed by atoms with Gasteiger partial charge in [0.1, 0.15) is 0 Å². The molecular formula is H4CaO7S3. The first-order valence-corrected chi connectivity index (χ1v) is 3.60. The SMILES string of the molecule is O=S(=O)([O-])[O-].O=S(O)O.S.[Ca+2]. The smallest absolute Gasteiger partial charge is 0.759 e. The maximum Gasteiger partial charge on any atom is 2.00 e. The Balaban J connectivity index is -0.0000000383. The van der Waals surface area contributed by atoms with Crippen LogP contribution in [0, 0.1) is 0 Å². The number of hydrogen-bond donors (Lipinski definition) is 2. The van der Waals surface area contributed by atoms with E-state index in [1.807, 2.05) is 0 Å². The average molecular weight is 252 g/mol. The van der Waals surface area contributed by atoms with Crippen LogP contribution >= 0.6 is 13.5 Å². The third-order valence-electron chi connectivity index (χ3n) is 0. The second-order valence-electron chi connectivity index (χ2n) is 0.639. The summed E-state index contributed by atoms with van der Waals surface area (Å²) in [5, 5.41) is 0. The summed E-state index contributed by atoms with van der Waals surface area (Å²) in [5.74, 6) is 0. The van der Waals surface area contributed by atoms with Crippen LogP contribution in [-0.2, 0) is 21.8 Å². The van der Waals surface area contributed by atoms with Gasteiger partial charge in [-0.3, -0.25) is 17.5 Å². The molecule has 0 aliphatic carbocycles. The summed E-state index contributed by atoms with van der Waals surface area (Å²) < 4.78 is 56.9. The molecule has 0 aliphatic heterocycles. The van der Waals surface area contributed by atoms with Crippen LogP contribution in [0.1, 0.15) is 0 Å². The van der Waals surface area contributed by atoms with Crippen molar-refractivity contribution in [2.45, 2.75) is 0 Å². The third-order valence-corrected chi connectivity index (χ3v) is 0. The van der Waals surface area contributed by atoms with Gasteiger partial charge < -0.3 is 9.11 Å². The van der Waals surface area contributed by atoms with E-state index >= 15 is 0 Å². The van der Waals surface area contributed by atoms with E-state index < -0.39 is 21.8 Å². The van der Waals surface area contributed by atoms with Crippen molar-refractivity contribution in [3.63, 3.8) is 0 Å². The largest absolute Gasteiger partial charge is 2.00 e. The molecule has 0 aromatic heterocycles. The van der Waals surface area contributed by atoms with Crippen LogP contribution in [-0.4, -0.2) is 68.6 Å². The molecule has 7 nitrogen and oxygen atoms in total. The normalized spacial score (nSPS) is 8.45. The summed E-state index contributed by atoms with van der Waals surface area (Å²) in [6.45, 7) is 0. The van der Waals surface area contributed by atoms with Crippen LogP contribution in [0.4, 0.5) is 0 Å². The summed E-state index contributed by atoms with van der Waals surface area (Å²) >= 11 is -2.61. The molecule has 0 atom stereocenters. The molecule has 11 heavy (non-hydrogen) atoms. The molecule has 66 valence electrons. The first kappa shape index (κ1) is 22.9. The molecule has 11 heteroatoms. The molecule has 0 fully saturated rings. The Morgan fingerprint density at radius 2 is 1.18 bits per heavy atom. The van der Waals surface area contributed by atoms with Crippen LogP contribution in [0.25, 0.3) is 0 Å². The molecular weight excluding hydrogens is 248 g/mol. The van der Waals surface area contributed by atoms with Gasteiger partial charge in [-0.15, -0.1) is 0 Å². The average Bonchev–Trinajstić information content (AvgIpc) is 1.19. The fraction of sp³-hybridized carbons (Fsp3) is 0. The molecule has 2 N–H and O–H groups in total. The van der Waals surface area contributed by atoms with Crippen molar-refractivity contribution in [3.8, 4) is 0 Å². The predicted molar refractivity (Wildman–Crippen MR) is 40.0 cm³/mol. The summed E-state index contributed by atoms with van der Waals surface area (Å²) in [6, 6.07) is 0. The first-order chi connectivity index (χ1) is 3.73. The van der Waals surface area contributed by atoms with E-state index in [1.165, 1.54) is 0 Å². The summed E-state index contributed by atoms with van der Waals surface area (Å²) in [7, 11) is -5.17. The topological polar surface area (TPSA) is 138 Å². The summed E-state index contributed by atoms with van der Waals surface area (Å²) in [4.78, 5) is 0. The minimum Gasteiger partial charge on any atom is -0.759 e. The monoisotopic (exact) mass is 252 g/mol. The van der Waals surface area contributed by atoms with E-state index in [9.17, 15) is 0 Å². The van der Waals surface area contributed by atoms with Crippen molar-refractivity contribution in [2.24, 2.45) is 0 Å². The molecule has 0 aromatic carbocycles. The Kier molecular flexibility index (Phi) is 24.0. The fourth-order valence-electron chi connectivity index (χ4n) is 0. The van der Waals surface area contributed by atoms with Gasteiger partial charge in [0.15, 0.2) is 0 Å². The molecule has 0 saturated heterocycles. The van der Waals surface area contributed by atoms with Crippen molar-refractivity contribution < 1.29 is 30.8 Å². The van der Waals surface area contributed by atoms with Crippen molar-refractivity contribution in [2.75, 3.05) is 0 Å². The van der Waals surface area contributed by atoms with Gasteiger partial charge in [-0.25, -0.2) is 0 Å². The zero-order chi connectivity index (χ0) is 8.08. The molecule has 0 spiro atoms. The first-order valence-electron chi connectivity index (χ1n) is 1.20. The van der Waals surface area contributed by atoms with Crippen molar-refractivity contribution >= 4 is 73.0 Å². The second kappa shape index (κ2) is 11.5. The molecule has 0 aromatic rings. The van der Waals surface area contributed by atoms with Crippen LogP contribution in [0.2, 0.25) is 0 Å². The van der Waals surface area contributed by atoms with Crippen molar-refractivity contribution in [3.05, 3.63) is 0 Å². The van der Waals surface area contributed by atoms with Crippen molar-refractivity contribution in [1.29, 1.82) is 0 Å². The van der Waals surface area contributed by atoms with Gasteiger partial charge in [-0.2, -0.15) is 17.7 Å². The van der Waals surface area contributed by atoms with Crippen molar-refractivity contribution in [1.82, 2.24) is 0 Å². The van der Waals surface area contributed by atoms with Gasteiger partial charge in [0, 0.05) is 10.4 Å². The Morgan fingerprint density at radius 3 is 1.18 bits per heavy atom. The fourth-order valence-corrected chi connectivity index (χ4v) is 0. The number of rotatable bonds is 0. The zero-order valence-corrected chi connectivity index (χ0v) is 9.80. The Labute approximate surface area is 103 Å². The standard InChI is InChI=1S/Ca.H2O4S.H2O3S.H2S/c;1-5(2,3)4;1-4(2)3;/h;(H2,1,2,3,4);(H2,1,2,3);1H2/q+2;;;/p-2. The van der Waals surface area contributed by atoms with Crippen LogP contribution < -0.4 is 0 Å². The quantitative estimate of drug-likeness (QED) is 0.222. The maximum atomic E-state index is 8.67. The van der Waals surface area contributed by atoms with Gasteiger partial charge in [-0.1, -0.05) is 0 Å². The molecule has 0 heterocycles. The molecule has 0 unspecified atom stereocenters. The zero-order valence-electron chi connectivity index (χ0n) is 4.96. The number of hydrogen-bond acceptors (Lipinski definition) is 5. The summed E-state index contributed by atoms with van der Waals surface area (Å²) in [5.41, 5.74) is 0. The minimum absolute atomic E-state index is 0. The maximum absolute atomic E-state index is 8.67. The Bertz CT molecular complexity index is 156. The van der Waals surface area contributed by atoms with Gasteiger partial charge in [0.25, 0.3) is 11.4 Å². The molecule has 0 aliphatic rings. The van der Waals surface area contributed by atoms with E-state index in [-0.39, 0.29) is 51.2 Å². The van der Waals surface area contributed by atoms with Gasteiger partial charge in [0.05, 0.1) is 0 Å². The van der Waals surface area contributed by atoms with E-state index in [2.05, 4.69) is 0 Å². The second-order valence-corrected chi connectivity index (χ2v) is 1.92. The summed E-state index contributed by atoms with van der Waals surface area (Å²) in [6.07, 6.45) is 0. The van der Waals surface area contributed by atoms with Crippen LogP contribution in [0.5, 0.6) is 0 Å². The Morgan fingerprint density at radius 1 is 1.18 bits per heavy atom. The third kappa shape index (κ3) is 439. The van der Waals surface area contributed by atoms with Gasteiger partial charge in [-0.05, 0) is 0 Å².